The first-order chi connectivity index (χ1) is 16.1. The molecule has 0 aliphatic rings. The summed E-state index contributed by atoms with van der Waals surface area (Å²) in [5, 5.41) is 14.4. The van der Waals surface area contributed by atoms with Crippen molar-refractivity contribution in [3.8, 4) is 0 Å². The van der Waals surface area contributed by atoms with Crippen LogP contribution in [0, 0.1) is 0 Å². The largest absolute Gasteiger partial charge is 0.326 e. The molecule has 0 radical (unpaired) electrons. The number of fused-ring (bicyclic) bond motifs is 1. The highest BCUT2D eigenvalue weighted by molar-refractivity contribution is 8.01. The number of anilines is 2. The van der Waals surface area contributed by atoms with Crippen molar-refractivity contribution in [3.63, 3.8) is 0 Å². The van der Waals surface area contributed by atoms with Crippen molar-refractivity contribution in [2.24, 2.45) is 0 Å². The van der Waals surface area contributed by atoms with Crippen molar-refractivity contribution >= 4 is 56.6 Å². The van der Waals surface area contributed by atoms with Crippen LogP contribution in [-0.4, -0.2) is 37.3 Å². The van der Waals surface area contributed by atoms with Gasteiger partial charge in [0, 0.05) is 30.8 Å². The Morgan fingerprint density at radius 2 is 1.70 bits per heavy atom. The summed E-state index contributed by atoms with van der Waals surface area (Å²) in [4.78, 5) is 41.0. The van der Waals surface area contributed by atoms with Crippen molar-refractivity contribution in [3.05, 3.63) is 71.3 Å². The van der Waals surface area contributed by atoms with Gasteiger partial charge in [0.2, 0.25) is 16.9 Å². The summed E-state index contributed by atoms with van der Waals surface area (Å²) in [5.41, 5.74) is 1.20. The quantitative estimate of drug-likeness (QED) is 0.278. The molecule has 0 atom stereocenters. The molecule has 0 unspecified atom stereocenters. The smallest absolute Gasteiger partial charge is 0.261 e. The van der Waals surface area contributed by atoms with E-state index in [1.165, 1.54) is 34.0 Å². The van der Waals surface area contributed by atoms with Crippen LogP contribution in [0.2, 0.25) is 0 Å². The summed E-state index contributed by atoms with van der Waals surface area (Å²) in [5.74, 6) is 0.189. The molecule has 0 aliphatic carbocycles. The van der Waals surface area contributed by atoms with E-state index >= 15 is 0 Å². The molecule has 2 aromatic heterocycles. The van der Waals surface area contributed by atoms with Gasteiger partial charge >= 0.3 is 0 Å². The van der Waals surface area contributed by atoms with Crippen LogP contribution in [0.25, 0.3) is 10.9 Å². The summed E-state index contributed by atoms with van der Waals surface area (Å²) in [6, 6.07) is 16.4. The number of thioether (sulfide) groups is 1. The molecule has 168 valence electrons. The standard InChI is InChI=1S/C22H20N6O3S2/c29-18(10-12-28-14-23-17-9-5-4-8-16(17)20(28)31)25-21-26-27-22(33-21)32-13-11-19(30)24-15-6-2-1-3-7-15/h1-9,14H,10-13H2,(H,24,30)(H,25,26,29). The van der Waals surface area contributed by atoms with Crippen LogP contribution < -0.4 is 16.2 Å². The van der Waals surface area contributed by atoms with Crippen LogP contribution in [0.15, 0.2) is 70.1 Å². The number of carbonyl (C=O) groups is 2. The Morgan fingerprint density at radius 1 is 0.939 bits per heavy atom. The zero-order valence-corrected chi connectivity index (χ0v) is 19.1. The highest BCUT2D eigenvalue weighted by Gasteiger charge is 2.11. The summed E-state index contributed by atoms with van der Waals surface area (Å²) >= 11 is 2.64. The van der Waals surface area contributed by atoms with Gasteiger partial charge in [0.25, 0.3) is 5.56 Å². The summed E-state index contributed by atoms with van der Waals surface area (Å²) < 4.78 is 2.08. The van der Waals surface area contributed by atoms with Crippen molar-refractivity contribution in [1.29, 1.82) is 0 Å². The van der Waals surface area contributed by atoms with Gasteiger partial charge in [0.1, 0.15) is 0 Å². The Hall–Kier alpha value is -3.57. The molecular formula is C22H20N6O3S2. The Bertz CT molecular complexity index is 1320. The number of benzene rings is 2. The maximum Gasteiger partial charge on any atom is 0.261 e. The minimum absolute atomic E-state index is 0.0786. The lowest BCUT2D eigenvalue weighted by atomic mass is 10.2. The number of nitrogens with zero attached hydrogens (tertiary/aromatic N) is 4. The summed E-state index contributed by atoms with van der Waals surface area (Å²) in [7, 11) is 0. The molecule has 4 aromatic rings. The first-order valence-corrected chi connectivity index (χ1v) is 11.9. The Balaban J connectivity index is 1.22. The van der Waals surface area contributed by atoms with Gasteiger partial charge < -0.3 is 10.6 Å². The van der Waals surface area contributed by atoms with E-state index < -0.39 is 0 Å². The number of aromatic nitrogens is 4. The Kier molecular flexibility index (Phi) is 7.43. The van der Waals surface area contributed by atoms with E-state index in [1.54, 1.807) is 18.2 Å². The number of carbonyl (C=O) groups excluding carboxylic acids is 2. The highest BCUT2D eigenvalue weighted by Crippen LogP contribution is 2.26. The molecular weight excluding hydrogens is 460 g/mol. The van der Waals surface area contributed by atoms with E-state index in [0.717, 1.165) is 5.69 Å². The molecule has 2 heterocycles. The van der Waals surface area contributed by atoms with Gasteiger partial charge in [-0.15, -0.1) is 10.2 Å². The summed E-state index contributed by atoms with van der Waals surface area (Å²) in [6.07, 6.45) is 1.88. The van der Waals surface area contributed by atoms with Crippen LogP contribution in [0.3, 0.4) is 0 Å². The van der Waals surface area contributed by atoms with E-state index in [-0.39, 0.29) is 30.3 Å². The Labute approximate surface area is 197 Å². The highest BCUT2D eigenvalue weighted by atomic mass is 32.2. The lowest BCUT2D eigenvalue weighted by Gasteiger charge is -2.06. The molecule has 9 nitrogen and oxygen atoms in total. The lowest BCUT2D eigenvalue weighted by molar-refractivity contribution is -0.117. The van der Waals surface area contributed by atoms with Gasteiger partial charge in [0.05, 0.1) is 17.2 Å². The van der Waals surface area contributed by atoms with Crippen LogP contribution >= 0.6 is 23.1 Å². The summed E-state index contributed by atoms with van der Waals surface area (Å²) in [6.45, 7) is 0.208. The number of hydrogen-bond donors (Lipinski definition) is 2. The van der Waals surface area contributed by atoms with Gasteiger partial charge in [-0.1, -0.05) is 53.4 Å². The number of hydrogen-bond acceptors (Lipinski definition) is 8. The number of aryl methyl sites for hydroxylation is 1. The number of amides is 2. The molecule has 0 aliphatic heterocycles. The zero-order chi connectivity index (χ0) is 23.0. The molecule has 0 saturated carbocycles. The SMILES string of the molecule is O=C(CCSc1nnc(NC(=O)CCn2cnc3ccccc3c2=O)s1)Nc1ccccc1. The molecule has 0 spiro atoms. The second-order valence-corrected chi connectivity index (χ2v) is 9.26. The van der Waals surface area contributed by atoms with Crippen LogP contribution in [0.1, 0.15) is 12.8 Å². The van der Waals surface area contributed by atoms with Crippen molar-refractivity contribution in [2.75, 3.05) is 16.4 Å². The number of rotatable bonds is 9. The van der Waals surface area contributed by atoms with E-state index in [0.29, 0.717) is 32.5 Å². The molecule has 0 fully saturated rings. The van der Waals surface area contributed by atoms with Crippen molar-refractivity contribution in [2.45, 2.75) is 23.7 Å². The first-order valence-electron chi connectivity index (χ1n) is 10.1. The average Bonchev–Trinajstić information content (AvgIpc) is 3.26. The minimum Gasteiger partial charge on any atom is -0.326 e. The average molecular weight is 481 g/mol. The molecule has 2 aromatic carbocycles. The molecule has 0 saturated heterocycles. The monoisotopic (exact) mass is 480 g/mol. The second kappa shape index (κ2) is 10.8. The molecule has 2 amide bonds. The number of para-hydroxylation sites is 2. The van der Waals surface area contributed by atoms with Gasteiger partial charge in [-0.25, -0.2) is 4.98 Å². The first kappa shape index (κ1) is 22.6. The predicted octanol–water partition coefficient (Wildman–Crippen LogP) is 3.40. The Morgan fingerprint density at radius 3 is 2.55 bits per heavy atom. The van der Waals surface area contributed by atoms with E-state index in [4.69, 9.17) is 0 Å². The van der Waals surface area contributed by atoms with E-state index in [2.05, 4.69) is 25.8 Å². The molecule has 33 heavy (non-hydrogen) atoms. The molecule has 11 heteroatoms. The lowest BCUT2D eigenvalue weighted by Crippen LogP contribution is -2.23. The molecule has 4 rings (SSSR count). The zero-order valence-electron chi connectivity index (χ0n) is 17.4. The van der Waals surface area contributed by atoms with Crippen LogP contribution in [0.4, 0.5) is 10.8 Å². The van der Waals surface area contributed by atoms with E-state index in [9.17, 15) is 14.4 Å². The molecule has 0 bridgehead atoms. The third-order valence-corrected chi connectivity index (χ3v) is 6.55. The predicted molar refractivity (Wildman–Crippen MR) is 130 cm³/mol. The second-order valence-electron chi connectivity index (χ2n) is 6.94. The van der Waals surface area contributed by atoms with Crippen molar-refractivity contribution < 1.29 is 9.59 Å². The van der Waals surface area contributed by atoms with Crippen LogP contribution in [-0.2, 0) is 16.1 Å². The van der Waals surface area contributed by atoms with Crippen molar-refractivity contribution in [1.82, 2.24) is 19.7 Å². The number of nitrogens with one attached hydrogen (secondary N) is 2. The fourth-order valence-electron chi connectivity index (χ4n) is 2.96. The third-order valence-electron chi connectivity index (χ3n) is 4.58. The normalized spacial score (nSPS) is 10.8. The fourth-order valence-corrected chi connectivity index (χ4v) is 4.74. The fraction of sp³-hybridized carbons (Fsp3) is 0.182. The van der Waals surface area contributed by atoms with Gasteiger partial charge in [-0.05, 0) is 24.3 Å². The maximum absolute atomic E-state index is 12.5. The third kappa shape index (κ3) is 6.24. The minimum atomic E-state index is -0.273. The van der Waals surface area contributed by atoms with Gasteiger partial charge in [-0.3, -0.25) is 19.0 Å². The molecule has 2 N–H and O–H groups in total. The van der Waals surface area contributed by atoms with Gasteiger partial charge in [-0.2, -0.15) is 0 Å². The maximum atomic E-state index is 12.5. The van der Waals surface area contributed by atoms with Gasteiger partial charge in [0.15, 0.2) is 4.34 Å². The van der Waals surface area contributed by atoms with Crippen LogP contribution in [0.5, 0.6) is 0 Å². The topological polar surface area (TPSA) is 119 Å². The van der Waals surface area contributed by atoms with E-state index in [1.807, 2.05) is 36.4 Å².